The van der Waals surface area contributed by atoms with Gasteiger partial charge in [0.25, 0.3) is 0 Å². The summed E-state index contributed by atoms with van der Waals surface area (Å²) in [6, 6.07) is 12.5. The van der Waals surface area contributed by atoms with Crippen LogP contribution in [0.25, 0.3) is 0 Å². The van der Waals surface area contributed by atoms with Crippen molar-refractivity contribution >= 4 is 21.6 Å². The van der Waals surface area contributed by atoms with Gasteiger partial charge in [-0.1, -0.05) is 34.1 Å². The number of phenolic OH excluding ortho intramolecular Hbond substituents is 1. The van der Waals surface area contributed by atoms with Crippen LogP contribution in [0, 0.1) is 0 Å². The molecule has 0 radical (unpaired) electrons. The summed E-state index contributed by atoms with van der Waals surface area (Å²) >= 11 is 3.34. The minimum Gasteiger partial charge on any atom is -0.504 e. The molecule has 2 aromatic carbocycles. The Hall–Kier alpha value is -1.68. The molecule has 0 aromatic heterocycles. The Labute approximate surface area is 108 Å². The minimum atomic E-state index is 0.128. The first kappa shape index (κ1) is 11.8. The standard InChI is InChI=1S/C13H12BrNO2/c14-10-6-5-9(11(15)7-10)8-17-13-4-2-1-3-12(13)16/h1-7,16H,8,15H2. The molecule has 0 aliphatic rings. The van der Waals surface area contributed by atoms with Gasteiger partial charge in [0.05, 0.1) is 0 Å². The third-order valence-corrected chi connectivity index (χ3v) is 2.85. The first-order valence-corrected chi connectivity index (χ1v) is 5.91. The van der Waals surface area contributed by atoms with E-state index in [1.165, 1.54) is 0 Å². The normalized spacial score (nSPS) is 10.2. The van der Waals surface area contributed by atoms with Crippen LogP contribution >= 0.6 is 15.9 Å². The number of phenols is 1. The van der Waals surface area contributed by atoms with Crippen molar-refractivity contribution in [1.82, 2.24) is 0 Å². The van der Waals surface area contributed by atoms with E-state index < -0.39 is 0 Å². The third kappa shape index (κ3) is 2.91. The second-order valence-corrected chi connectivity index (χ2v) is 4.52. The molecule has 0 amide bonds. The van der Waals surface area contributed by atoms with E-state index in [1.807, 2.05) is 18.2 Å². The van der Waals surface area contributed by atoms with Gasteiger partial charge in [-0.15, -0.1) is 0 Å². The molecule has 2 rings (SSSR count). The molecular formula is C13H12BrNO2. The fourth-order valence-corrected chi connectivity index (χ4v) is 1.81. The van der Waals surface area contributed by atoms with Crippen molar-refractivity contribution in [2.24, 2.45) is 0 Å². The van der Waals surface area contributed by atoms with E-state index >= 15 is 0 Å². The monoisotopic (exact) mass is 293 g/mol. The maximum atomic E-state index is 9.54. The van der Waals surface area contributed by atoms with Crippen LogP contribution in [0.3, 0.4) is 0 Å². The number of para-hydroxylation sites is 2. The predicted octanol–water partition coefficient (Wildman–Crippen LogP) is 3.32. The highest BCUT2D eigenvalue weighted by Gasteiger charge is 2.04. The highest BCUT2D eigenvalue weighted by atomic mass is 79.9. The molecule has 0 unspecified atom stereocenters. The van der Waals surface area contributed by atoms with Crippen LogP contribution in [0.15, 0.2) is 46.9 Å². The number of hydrogen-bond donors (Lipinski definition) is 2. The van der Waals surface area contributed by atoms with Crippen molar-refractivity contribution in [3.63, 3.8) is 0 Å². The molecule has 0 heterocycles. The van der Waals surface area contributed by atoms with Crippen LogP contribution < -0.4 is 10.5 Å². The van der Waals surface area contributed by atoms with E-state index in [9.17, 15) is 5.11 Å². The predicted molar refractivity (Wildman–Crippen MR) is 71.0 cm³/mol. The van der Waals surface area contributed by atoms with Gasteiger partial charge in [0, 0.05) is 15.7 Å². The quantitative estimate of drug-likeness (QED) is 0.854. The molecule has 3 nitrogen and oxygen atoms in total. The molecule has 4 heteroatoms. The summed E-state index contributed by atoms with van der Waals surface area (Å²) in [6.07, 6.45) is 0. The lowest BCUT2D eigenvalue weighted by atomic mass is 10.2. The van der Waals surface area contributed by atoms with Crippen LogP contribution in [-0.2, 0) is 6.61 Å². The van der Waals surface area contributed by atoms with Crippen molar-refractivity contribution in [2.75, 3.05) is 5.73 Å². The van der Waals surface area contributed by atoms with Gasteiger partial charge >= 0.3 is 0 Å². The molecule has 17 heavy (non-hydrogen) atoms. The average Bonchev–Trinajstić information content (AvgIpc) is 2.30. The van der Waals surface area contributed by atoms with Crippen molar-refractivity contribution in [3.05, 3.63) is 52.5 Å². The molecule has 0 atom stereocenters. The lowest BCUT2D eigenvalue weighted by Crippen LogP contribution is -2.00. The van der Waals surface area contributed by atoms with E-state index in [-0.39, 0.29) is 5.75 Å². The molecule has 0 spiro atoms. The third-order valence-electron chi connectivity index (χ3n) is 2.36. The zero-order chi connectivity index (χ0) is 12.3. The van der Waals surface area contributed by atoms with E-state index in [2.05, 4.69) is 15.9 Å². The van der Waals surface area contributed by atoms with Gasteiger partial charge in [-0.05, 0) is 24.3 Å². The zero-order valence-electron chi connectivity index (χ0n) is 9.06. The summed E-state index contributed by atoms with van der Waals surface area (Å²) < 4.78 is 6.43. The van der Waals surface area contributed by atoms with Crippen LogP contribution in [0.1, 0.15) is 5.56 Å². The second-order valence-electron chi connectivity index (χ2n) is 3.60. The summed E-state index contributed by atoms with van der Waals surface area (Å²) in [4.78, 5) is 0. The lowest BCUT2D eigenvalue weighted by molar-refractivity contribution is 0.289. The van der Waals surface area contributed by atoms with Crippen molar-refractivity contribution in [1.29, 1.82) is 0 Å². The van der Waals surface area contributed by atoms with Crippen molar-refractivity contribution in [2.45, 2.75) is 6.61 Å². The Morgan fingerprint density at radius 1 is 1.18 bits per heavy atom. The van der Waals surface area contributed by atoms with Crippen molar-refractivity contribution in [3.8, 4) is 11.5 Å². The lowest BCUT2D eigenvalue weighted by Gasteiger charge is -2.09. The van der Waals surface area contributed by atoms with E-state index in [0.717, 1.165) is 10.0 Å². The Morgan fingerprint density at radius 2 is 1.94 bits per heavy atom. The smallest absolute Gasteiger partial charge is 0.161 e. The molecule has 88 valence electrons. The summed E-state index contributed by atoms with van der Waals surface area (Å²) in [6.45, 7) is 0.330. The number of halogens is 1. The molecule has 0 aliphatic carbocycles. The fourth-order valence-electron chi connectivity index (χ4n) is 1.43. The van der Waals surface area contributed by atoms with Gasteiger partial charge in [-0.25, -0.2) is 0 Å². The first-order valence-electron chi connectivity index (χ1n) is 5.11. The number of nitrogens with two attached hydrogens (primary N) is 1. The number of benzene rings is 2. The van der Waals surface area contributed by atoms with Gasteiger partial charge in [0.1, 0.15) is 6.61 Å². The zero-order valence-corrected chi connectivity index (χ0v) is 10.6. The van der Waals surface area contributed by atoms with Crippen LogP contribution in [-0.4, -0.2) is 5.11 Å². The number of anilines is 1. The number of hydrogen-bond acceptors (Lipinski definition) is 3. The molecule has 2 aromatic rings. The Kier molecular flexibility index (Phi) is 3.54. The van der Waals surface area contributed by atoms with E-state index in [1.54, 1.807) is 24.3 Å². The molecular weight excluding hydrogens is 282 g/mol. The van der Waals surface area contributed by atoms with Gasteiger partial charge < -0.3 is 15.6 Å². The topological polar surface area (TPSA) is 55.5 Å². The molecule has 0 fully saturated rings. The maximum absolute atomic E-state index is 9.54. The Morgan fingerprint density at radius 3 is 2.65 bits per heavy atom. The number of ether oxygens (including phenoxy) is 1. The highest BCUT2D eigenvalue weighted by Crippen LogP contribution is 2.26. The van der Waals surface area contributed by atoms with E-state index in [4.69, 9.17) is 10.5 Å². The number of nitrogen functional groups attached to an aromatic ring is 1. The summed E-state index contributed by atoms with van der Waals surface area (Å²) in [5.74, 6) is 0.581. The first-order chi connectivity index (χ1) is 8.16. The molecule has 0 saturated carbocycles. The number of rotatable bonds is 3. The largest absolute Gasteiger partial charge is 0.504 e. The fraction of sp³-hybridized carbons (Fsp3) is 0.0769. The average molecular weight is 294 g/mol. The van der Waals surface area contributed by atoms with Gasteiger partial charge in [0.2, 0.25) is 0 Å². The summed E-state index contributed by atoms with van der Waals surface area (Å²) in [5.41, 5.74) is 7.40. The van der Waals surface area contributed by atoms with Gasteiger partial charge in [-0.3, -0.25) is 0 Å². The van der Waals surface area contributed by atoms with Crippen LogP contribution in [0.5, 0.6) is 11.5 Å². The number of aromatic hydroxyl groups is 1. The van der Waals surface area contributed by atoms with Gasteiger partial charge in [0.15, 0.2) is 11.5 Å². The minimum absolute atomic E-state index is 0.128. The Bertz CT molecular complexity index is 529. The van der Waals surface area contributed by atoms with Crippen LogP contribution in [0.2, 0.25) is 0 Å². The molecule has 3 N–H and O–H groups in total. The summed E-state index contributed by atoms with van der Waals surface area (Å²) in [5, 5.41) is 9.54. The molecule has 0 bridgehead atoms. The summed E-state index contributed by atoms with van der Waals surface area (Å²) in [7, 11) is 0. The van der Waals surface area contributed by atoms with Crippen molar-refractivity contribution < 1.29 is 9.84 Å². The Balaban J connectivity index is 2.10. The van der Waals surface area contributed by atoms with E-state index in [0.29, 0.717) is 18.0 Å². The SMILES string of the molecule is Nc1cc(Br)ccc1COc1ccccc1O. The maximum Gasteiger partial charge on any atom is 0.161 e. The van der Waals surface area contributed by atoms with Crippen LogP contribution in [0.4, 0.5) is 5.69 Å². The van der Waals surface area contributed by atoms with Gasteiger partial charge in [-0.2, -0.15) is 0 Å². The highest BCUT2D eigenvalue weighted by molar-refractivity contribution is 9.10. The second kappa shape index (κ2) is 5.10. The molecule has 0 saturated heterocycles. The molecule has 0 aliphatic heterocycles.